The maximum atomic E-state index is 4.14. The van der Waals surface area contributed by atoms with Crippen LogP contribution >= 0.6 is 0 Å². The van der Waals surface area contributed by atoms with E-state index in [0.29, 0.717) is 12.5 Å². The first-order valence-corrected chi connectivity index (χ1v) is 5.65. The highest BCUT2D eigenvalue weighted by Gasteiger charge is 1.99. The van der Waals surface area contributed by atoms with Crippen LogP contribution in [-0.4, -0.2) is 29.7 Å². The summed E-state index contributed by atoms with van der Waals surface area (Å²) in [4.78, 5) is 4.14. The molecule has 0 aliphatic rings. The molecule has 90 valence electrons. The van der Waals surface area contributed by atoms with Crippen molar-refractivity contribution < 1.29 is 0 Å². The van der Waals surface area contributed by atoms with Gasteiger partial charge < -0.3 is 10.6 Å². The zero-order valence-electron chi connectivity index (χ0n) is 10.2. The third-order valence-electron chi connectivity index (χ3n) is 2.24. The predicted molar refractivity (Wildman–Crippen MR) is 66.2 cm³/mol. The van der Waals surface area contributed by atoms with Gasteiger partial charge >= 0.3 is 0 Å². The Balaban J connectivity index is 2.22. The van der Waals surface area contributed by atoms with Gasteiger partial charge in [0, 0.05) is 19.8 Å². The second-order valence-corrected chi connectivity index (χ2v) is 4.12. The Hall–Kier alpha value is -1.52. The van der Waals surface area contributed by atoms with Crippen molar-refractivity contribution in [3.8, 4) is 0 Å². The lowest BCUT2D eigenvalue weighted by Crippen LogP contribution is -2.37. The van der Waals surface area contributed by atoms with Crippen LogP contribution in [0.3, 0.4) is 0 Å². The molecule has 3 N–H and O–H groups in total. The average molecular weight is 223 g/mol. The Morgan fingerprint density at radius 2 is 2.31 bits per heavy atom. The molecule has 0 aliphatic carbocycles. The fraction of sp³-hybridized carbons (Fsp3) is 0.636. The highest BCUT2D eigenvalue weighted by Crippen LogP contribution is 1.96. The largest absolute Gasteiger partial charge is 0.356 e. The Morgan fingerprint density at radius 3 is 2.88 bits per heavy atom. The summed E-state index contributed by atoms with van der Waals surface area (Å²) in [6.07, 6.45) is 2.89. The number of nitrogens with one attached hydrogen (secondary N) is 3. The van der Waals surface area contributed by atoms with Gasteiger partial charge in [-0.25, -0.2) is 0 Å². The number of nitrogens with zero attached hydrogens (tertiary/aromatic N) is 2. The van der Waals surface area contributed by atoms with E-state index in [1.807, 2.05) is 6.07 Å². The Labute approximate surface area is 96.7 Å². The lowest BCUT2D eigenvalue weighted by molar-refractivity contribution is 0.573. The van der Waals surface area contributed by atoms with E-state index in [1.54, 1.807) is 13.2 Å². The number of H-pyrrole nitrogens is 1. The van der Waals surface area contributed by atoms with Gasteiger partial charge in [-0.2, -0.15) is 5.10 Å². The zero-order chi connectivity index (χ0) is 11.8. The molecule has 0 aromatic carbocycles. The topological polar surface area (TPSA) is 65.1 Å². The molecule has 5 heteroatoms. The Kier molecular flexibility index (Phi) is 5.39. The molecule has 0 fully saturated rings. The first-order chi connectivity index (χ1) is 7.72. The van der Waals surface area contributed by atoms with Gasteiger partial charge in [-0.1, -0.05) is 13.8 Å². The van der Waals surface area contributed by atoms with E-state index < -0.39 is 0 Å². The average Bonchev–Trinajstić information content (AvgIpc) is 2.75. The number of guanidine groups is 1. The van der Waals surface area contributed by atoms with Gasteiger partial charge in [-0.05, 0) is 18.4 Å². The lowest BCUT2D eigenvalue weighted by Gasteiger charge is -2.12. The van der Waals surface area contributed by atoms with Crippen LogP contribution in [0.2, 0.25) is 0 Å². The maximum Gasteiger partial charge on any atom is 0.191 e. The van der Waals surface area contributed by atoms with E-state index >= 15 is 0 Å². The van der Waals surface area contributed by atoms with Gasteiger partial charge in [0.25, 0.3) is 0 Å². The molecule has 0 spiro atoms. The van der Waals surface area contributed by atoms with Crippen LogP contribution < -0.4 is 10.6 Å². The summed E-state index contributed by atoms with van der Waals surface area (Å²) in [5.74, 6) is 1.54. The van der Waals surface area contributed by atoms with Crippen LogP contribution in [0.15, 0.2) is 17.3 Å². The second kappa shape index (κ2) is 6.87. The van der Waals surface area contributed by atoms with E-state index in [4.69, 9.17) is 0 Å². The number of hydrogen-bond acceptors (Lipinski definition) is 2. The van der Waals surface area contributed by atoms with Gasteiger partial charge in [-0.15, -0.1) is 0 Å². The molecule has 1 heterocycles. The number of aromatic nitrogens is 2. The Morgan fingerprint density at radius 1 is 1.50 bits per heavy atom. The molecular weight excluding hydrogens is 202 g/mol. The summed E-state index contributed by atoms with van der Waals surface area (Å²) in [5, 5.41) is 13.3. The number of rotatable bonds is 5. The molecule has 0 saturated heterocycles. The van der Waals surface area contributed by atoms with Crippen LogP contribution in [0, 0.1) is 5.92 Å². The molecule has 5 nitrogen and oxygen atoms in total. The molecule has 0 saturated carbocycles. The molecule has 0 unspecified atom stereocenters. The molecule has 1 rings (SSSR count). The van der Waals surface area contributed by atoms with Gasteiger partial charge in [0.1, 0.15) is 0 Å². The molecule has 1 aromatic heterocycles. The molecule has 0 aliphatic heterocycles. The number of hydrogen-bond donors (Lipinski definition) is 3. The first kappa shape index (κ1) is 12.5. The highest BCUT2D eigenvalue weighted by molar-refractivity contribution is 5.79. The summed E-state index contributed by atoms with van der Waals surface area (Å²) in [6.45, 7) is 6.08. The van der Waals surface area contributed by atoms with Gasteiger partial charge in [0.15, 0.2) is 5.96 Å². The molecule has 0 amide bonds. The minimum Gasteiger partial charge on any atom is -0.356 e. The quantitative estimate of drug-likeness (QED) is 0.518. The van der Waals surface area contributed by atoms with E-state index in [2.05, 4.69) is 39.7 Å². The SMILES string of the molecule is CN=C(NCCC(C)C)NCc1ccn[nH]1. The maximum absolute atomic E-state index is 4.14. The molecule has 16 heavy (non-hydrogen) atoms. The van der Waals surface area contributed by atoms with Crippen LogP contribution in [-0.2, 0) is 6.54 Å². The molecule has 0 atom stereocenters. The normalized spacial score (nSPS) is 11.9. The smallest absolute Gasteiger partial charge is 0.191 e. The molecule has 1 aromatic rings. The van der Waals surface area contributed by atoms with E-state index in [0.717, 1.165) is 24.6 Å². The van der Waals surface area contributed by atoms with Gasteiger partial charge in [0.2, 0.25) is 0 Å². The van der Waals surface area contributed by atoms with Crippen molar-refractivity contribution in [1.29, 1.82) is 0 Å². The zero-order valence-corrected chi connectivity index (χ0v) is 10.2. The molecular formula is C11H21N5. The lowest BCUT2D eigenvalue weighted by atomic mass is 10.1. The first-order valence-electron chi connectivity index (χ1n) is 5.65. The second-order valence-electron chi connectivity index (χ2n) is 4.12. The van der Waals surface area contributed by atoms with Crippen LogP contribution in [0.5, 0.6) is 0 Å². The van der Waals surface area contributed by atoms with E-state index in [1.165, 1.54) is 0 Å². The standard InChI is InChI=1S/C11H21N5/c1-9(2)4-6-13-11(12-3)14-8-10-5-7-15-16-10/h5,7,9H,4,6,8H2,1-3H3,(H,15,16)(H2,12,13,14). The van der Waals surface area contributed by atoms with Crippen molar-refractivity contribution in [2.75, 3.05) is 13.6 Å². The van der Waals surface area contributed by atoms with Crippen molar-refractivity contribution in [1.82, 2.24) is 20.8 Å². The number of aliphatic imine (C=N–C) groups is 1. The van der Waals surface area contributed by atoms with Crippen LogP contribution in [0.25, 0.3) is 0 Å². The van der Waals surface area contributed by atoms with E-state index in [-0.39, 0.29) is 0 Å². The Bertz CT molecular complexity index is 302. The van der Waals surface area contributed by atoms with E-state index in [9.17, 15) is 0 Å². The highest BCUT2D eigenvalue weighted by atomic mass is 15.2. The summed E-state index contributed by atoms with van der Waals surface area (Å²) in [6, 6.07) is 1.94. The number of aromatic amines is 1. The summed E-state index contributed by atoms with van der Waals surface area (Å²) in [7, 11) is 1.78. The fourth-order valence-corrected chi connectivity index (χ4v) is 1.26. The van der Waals surface area contributed by atoms with Crippen LogP contribution in [0.1, 0.15) is 26.0 Å². The third kappa shape index (κ3) is 4.82. The van der Waals surface area contributed by atoms with Crippen LogP contribution in [0.4, 0.5) is 0 Å². The molecule has 0 bridgehead atoms. The monoisotopic (exact) mass is 223 g/mol. The van der Waals surface area contributed by atoms with Crippen molar-refractivity contribution in [2.24, 2.45) is 10.9 Å². The predicted octanol–water partition coefficient (Wildman–Crippen LogP) is 1.12. The van der Waals surface area contributed by atoms with Crippen molar-refractivity contribution in [3.05, 3.63) is 18.0 Å². The summed E-state index contributed by atoms with van der Waals surface area (Å²) in [5.41, 5.74) is 1.05. The van der Waals surface area contributed by atoms with Gasteiger partial charge in [0.05, 0.1) is 12.2 Å². The fourth-order valence-electron chi connectivity index (χ4n) is 1.26. The van der Waals surface area contributed by atoms with Gasteiger partial charge in [-0.3, -0.25) is 10.1 Å². The minimum absolute atomic E-state index is 0.707. The van der Waals surface area contributed by atoms with Crippen molar-refractivity contribution in [3.63, 3.8) is 0 Å². The molecule has 0 radical (unpaired) electrons. The third-order valence-corrected chi connectivity index (χ3v) is 2.24. The van der Waals surface area contributed by atoms with Crippen molar-refractivity contribution >= 4 is 5.96 Å². The van der Waals surface area contributed by atoms with Crippen molar-refractivity contribution in [2.45, 2.75) is 26.8 Å². The summed E-state index contributed by atoms with van der Waals surface area (Å²) < 4.78 is 0. The minimum atomic E-state index is 0.707. The summed E-state index contributed by atoms with van der Waals surface area (Å²) >= 11 is 0.